The van der Waals surface area contributed by atoms with E-state index >= 15 is 0 Å². The van der Waals surface area contributed by atoms with Crippen molar-refractivity contribution in [3.05, 3.63) is 88.1 Å². The van der Waals surface area contributed by atoms with E-state index in [-0.39, 0.29) is 24.5 Å². The Balaban J connectivity index is 1.62. The van der Waals surface area contributed by atoms with E-state index < -0.39 is 16.9 Å². The molecule has 1 fully saturated rings. The molecule has 0 radical (unpaired) electrons. The predicted molar refractivity (Wildman–Crippen MR) is 102 cm³/mol. The van der Waals surface area contributed by atoms with E-state index in [2.05, 4.69) is 11.9 Å². The highest BCUT2D eigenvalue weighted by atomic mass is 16.6. The lowest BCUT2D eigenvalue weighted by molar-refractivity contribution is -0.384. The van der Waals surface area contributed by atoms with Gasteiger partial charge in [-0.2, -0.15) is 0 Å². The van der Waals surface area contributed by atoms with Gasteiger partial charge in [0.15, 0.2) is 0 Å². The number of nitro groups is 1. The van der Waals surface area contributed by atoms with Gasteiger partial charge in [-0.1, -0.05) is 18.2 Å². The number of amides is 3. The number of rotatable bonds is 7. The lowest BCUT2D eigenvalue weighted by Crippen LogP contribution is -2.30. The Bertz CT molecular complexity index is 949. The lowest BCUT2D eigenvalue weighted by Gasteiger charge is -2.07. The van der Waals surface area contributed by atoms with Gasteiger partial charge in [-0.05, 0) is 41.5 Å². The second-order valence-electron chi connectivity index (χ2n) is 5.97. The minimum Gasteiger partial charge on any atom is -0.489 e. The lowest BCUT2D eigenvalue weighted by atomic mass is 10.2. The zero-order valence-electron chi connectivity index (χ0n) is 14.8. The number of carbonyl (C=O) groups is 2. The summed E-state index contributed by atoms with van der Waals surface area (Å²) in [6.07, 6.45) is 3.07. The van der Waals surface area contributed by atoms with E-state index in [1.165, 1.54) is 18.2 Å². The van der Waals surface area contributed by atoms with Gasteiger partial charge in [0.25, 0.3) is 11.6 Å². The second-order valence-corrected chi connectivity index (χ2v) is 5.97. The van der Waals surface area contributed by atoms with Crippen LogP contribution in [-0.2, 0) is 11.4 Å². The maximum Gasteiger partial charge on any atom is 0.329 e. The maximum atomic E-state index is 12.2. The van der Waals surface area contributed by atoms with Crippen LogP contribution in [0.25, 0.3) is 6.08 Å². The highest BCUT2D eigenvalue weighted by molar-refractivity contribution is 6.14. The van der Waals surface area contributed by atoms with Gasteiger partial charge in [-0.3, -0.25) is 19.8 Å². The first kappa shape index (κ1) is 18.8. The number of carbonyl (C=O) groups excluding carboxylic acids is 2. The Labute approximate surface area is 160 Å². The van der Waals surface area contributed by atoms with Gasteiger partial charge in [-0.25, -0.2) is 4.79 Å². The molecule has 0 saturated carbocycles. The molecule has 0 unspecified atom stereocenters. The van der Waals surface area contributed by atoms with Gasteiger partial charge in [0.1, 0.15) is 18.1 Å². The Kier molecular flexibility index (Phi) is 5.50. The molecule has 3 rings (SSSR count). The molecule has 142 valence electrons. The first-order valence-corrected chi connectivity index (χ1v) is 8.39. The van der Waals surface area contributed by atoms with Crippen molar-refractivity contribution in [1.29, 1.82) is 0 Å². The number of non-ortho nitro benzene ring substituents is 1. The smallest absolute Gasteiger partial charge is 0.329 e. The molecule has 1 saturated heterocycles. The topological polar surface area (TPSA) is 102 Å². The molecule has 1 aliphatic rings. The monoisotopic (exact) mass is 379 g/mol. The van der Waals surface area contributed by atoms with Gasteiger partial charge in [-0.15, -0.1) is 6.58 Å². The quantitative estimate of drug-likeness (QED) is 0.262. The summed E-state index contributed by atoms with van der Waals surface area (Å²) < 4.78 is 5.66. The molecule has 28 heavy (non-hydrogen) atoms. The Morgan fingerprint density at radius 1 is 1.11 bits per heavy atom. The third-order valence-electron chi connectivity index (χ3n) is 4.02. The van der Waals surface area contributed by atoms with Gasteiger partial charge in [0, 0.05) is 18.7 Å². The van der Waals surface area contributed by atoms with E-state index in [1.807, 2.05) is 0 Å². The molecule has 8 heteroatoms. The van der Waals surface area contributed by atoms with E-state index in [4.69, 9.17) is 4.74 Å². The van der Waals surface area contributed by atoms with Crippen molar-refractivity contribution in [3.63, 3.8) is 0 Å². The van der Waals surface area contributed by atoms with Crippen LogP contribution in [0.3, 0.4) is 0 Å². The van der Waals surface area contributed by atoms with E-state index in [9.17, 15) is 19.7 Å². The molecule has 2 aromatic rings. The average molecular weight is 379 g/mol. The molecule has 8 nitrogen and oxygen atoms in total. The molecule has 1 heterocycles. The summed E-state index contributed by atoms with van der Waals surface area (Å²) in [5.41, 5.74) is 1.76. The minimum absolute atomic E-state index is 0.0290. The van der Waals surface area contributed by atoms with Crippen molar-refractivity contribution in [3.8, 4) is 5.75 Å². The van der Waals surface area contributed by atoms with Crippen LogP contribution >= 0.6 is 0 Å². The molecule has 0 atom stereocenters. The van der Waals surface area contributed by atoms with Crippen LogP contribution in [-0.4, -0.2) is 28.3 Å². The second kappa shape index (κ2) is 8.17. The molecule has 0 bridgehead atoms. The van der Waals surface area contributed by atoms with E-state index in [0.29, 0.717) is 5.75 Å². The molecule has 0 aliphatic carbocycles. The third-order valence-corrected chi connectivity index (χ3v) is 4.02. The van der Waals surface area contributed by atoms with Crippen LogP contribution in [0.15, 0.2) is 66.9 Å². The largest absolute Gasteiger partial charge is 0.489 e. The summed E-state index contributed by atoms with van der Waals surface area (Å²) in [6.45, 7) is 3.94. The number of benzene rings is 2. The fourth-order valence-electron chi connectivity index (χ4n) is 2.57. The summed E-state index contributed by atoms with van der Waals surface area (Å²) in [5.74, 6) is 0.207. The fraction of sp³-hybridized carbons (Fsp3) is 0.100. The van der Waals surface area contributed by atoms with Crippen LogP contribution in [0.1, 0.15) is 11.1 Å². The Morgan fingerprint density at radius 3 is 2.39 bits per heavy atom. The fourth-order valence-corrected chi connectivity index (χ4v) is 2.57. The van der Waals surface area contributed by atoms with Gasteiger partial charge >= 0.3 is 6.03 Å². The number of nitrogens with zero attached hydrogens (tertiary/aromatic N) is 2. The summed E-state index contributed by atoms with van der Waals surface area (Å²) in [5, 5.41) is 13.2. The molecule has 1 aliphatic heterocycles. The van der Waals surface area contributed by atoms with Crippen molar-refractivity contribution >= 4 is 23.7 Å². The van der Waals surface area contributed by atoms with Crippen molar-refractivity contribution in [2.75, 3.05) is 6.54 Å². The average Bonchev–Trinajstić information content (AvgIpc) is 2.95. The standard InChI is InChI=1S/C20H17N3O5/c1-2-11-22-19(24)18(21-20(22)25)12-14-5-9-17(10-6-14)28-13-15-3-7-16(8-4-15)23(26)27/h2-10,12H,1,11,13H2,(H,21,25)/b18-12+. The summed E-state index contributed by atoms with van der Waals surface area (Å²) in [7, 11) is 0. The number of nitrogens with one attached hydrogen (secondary N) is 1. The predicted octanol–water partition coefficient (Wildman–Crippen LogP) is 3.25. The molecule has 0 spiro atoms. The number of hydrogen-bond donors (Lipinski definition) is 1. The Morgan fingerprint density at radius 2 is 1.79 bits per heavy atom. The zero-order chi connectivity index (χ0) is 20.1. The third kappa shape index (κ3) is 4.24. The minimum atomic E-state index is -0.473. The van der Waals surface area contributed by atoms with Crippen molar-refractivity contribution in [2.45, 2.75) is 6.61 Å². The van der Waals surface area contributed by atoms with Gasteiger partial charge < -0.3 is 10.1 Å². The van der Waals surface area contributed by atoms with Crippen LogP contribution in [0, 0.1) is 10.1 Å². The summed E-state index contributed by atoms with van der Waals surface area (Å²) in [6, 6.07) is 12.6. The van der Waals surface area contributed by atoms with Gasteiger partial charge in [0.05, 0.1) is 4.92 Å². The summed E-state index contributed by atoms with van der Waals surface area (Å²) >= 11 is 0. The molecule has 1 N–H and O–H groups in total. The van der Waals surface area contributed by atoms with Crippen molar-refractivity contribution in [2.24, 2.45) is 0 Å². The first-order chi connectivity index (χ1) is 13.5. The normalized spacial score (nSPS) is 14.9. The van der Waals surface area contributed by atoms with Crippen LogP contribution in [0.5, 0.6) is 5.75 Å². The molecule has 0 aromatic heterocycles. The molecule has 3 amide bonds. The van der Waals surface area contributed by atoms with Crippen molar-refractivity contribution in [1.82, 2.24) is 10.2 Å². The maximum absolute atomic E-state index is 12.2. The van der Waals surface area contributed by atoms with E-state index in [0.717, 1.165) is 16.0 Å². The SMILES string of the molecule is C=CCN1C(=O)N/C(=C/c2ccc(OCc3ccc([N+](=O)[O-])cc3)cc2)C1=O. The highest BCUT2D eigenvalue weighted by Crippen LogP contribution is 2.19. The van der Waals surface area contributed by atoms with Crippen LogP contribution in [0.4, 0.5) is 10.5 Å². The van der Waals surface area contributed by atoms with Crippen LogP contribution in [0.2, 0.25) is 0 Å². The highest BCUT2D eigenvalue weighted by Gasteiger charge is 2.32. The number of ether oxygens (including phenoxy) is 1. The van der Waals surface area contributed by atoms with Gasteiger partial charge in [0.2, 0.25) is 0 Å². The Hall–Kier alpha value is -3.94. The number of imide groups is 1. The molecule has 2 aromatic carbocycles. The van der Waals surface area contributed by atoms with E-state index in [1.54, 1.807) is 42.5 Å². The molecular weight excluding hydrogens is 362 g/mol. The number of hydrogen-bond acceptors (Lipinski definition) is 5. The number of nitro benzene ring substituents is 1. The summed E-state index contributed by atoms with van der Waals surface area (Å²) in [4.78, 5) is 35.2. The van der Waals surface area contributed by atoms with Crippen LogP contribution < -0.4 is 10.1 Å². The first-order valence-electron chi connectivity index (χ1n) is 8.39. The zero-order valence-corrected chi connectivity index (χ0v) is 14.8. The van der Waals surface area contributed by atoms with Crippen molar-refractivity contribution < 1.29 is 19.2 Å². The number of urea groups is 1. The molecular formula is C20H17N3O5.